The van der Waals surface area contributed by atoms with Gasteiger partial charge >= 0.3 is 0 Å². The number of likely N-dealkylation sites (tertiary alicyclic amines) is 2. The summed E-state index contributed by atoms with van der Waals surface area (Å²) in [5, 5.41) is 8.90. The van der Waals surface area contributed by atoms with Gasteiger partial charge in [0.05, 0.1) is 12.0 Å². The van der Waals surface area contributed by atoms with E-state index in [-0.39, 0.29) is 30.3 Å². The molecule has 1 spiro atoms. The Morgan fingerprint density at radius 2 is 2.05 bits per heavy atom. The molecule has 0 aromatic carbocycles. The fourth-order valence-corrected chi connectivity index (χ4v) is 4.03. The second kappa shape index (κ2) is 5.95. The van der Waals surface area contributed by atoms with Crippen LogP contribution in [0.25, 0.3) is 0 Å². The van der Waals surface area contributed by atoms with Gasteiger partial charge in [-0.05, 0) is 38.0 Å². The van der Waals surface area contributed by atoms with Crippen LogP contribution in [-0.2, 0) is 9.59 Å². The summed E-state index contributed by atoms with van der Waals surface area (Å²) in [6.45, 7) is 2.94. The monoisotopic (exact) mass is 294 g/mol. The van der Waals surface area contributed by atoms with Gasteiger partial charge in [0.2, 0.25) is 11.8 Å². The normalized spacial score (nSPS) is 30.0. The third kappa shape index (κ3) is 2.80. The molecule has 0 aromatic heterocycles. The van der Waals surface area contributed by atoms with Crippen molar-refractivity contribution in [3.8, 4) is 0 Å². The molecule has 2 heterocycles. The maximum absolute atomic E-state index is 12.9. The van der Waals surface area contributed by atoms with Crippen molar-refractivity contribution in [1.29, 1.82) is 0 Å². The topological polar surface area (TPSA) is 60.9 Å². The average Bonchev–Trinajstić information content (AvgIpc) is 2.84. The van der Waals surface area contributed by atoms with Crippen molar-refractivity contribution >= 4 is 11.8 Å². The summed E-state index contributed by atoms with van der Waals surface area (Å²) >= 11 is 0. The first-order valence-electron chi connectivity index (χ1n) is 8.33. The third-order valence-corrected chi connectivity index (χ3v) is 5.56. The number of hydrogen-bond donors (Lipinski definition) is 1. The second-order valence-corrected chi connectivity index (χ2v) is 6.97. The molecule has 1 atom stereocenters. The lowest BCUT2D eigenvalue weighted by atomic mass is 9.77. The van der Waals surface area contributed by atoms with Gasteiger partial charge in [0.15, 0.2) is 0 Å². The molecule has 3 aliphatic rings. The van der Waals surface area contributed by atoms with Crippen LogP contribution in [0.3, 0.4) is 0 Å². The van der Waals surface area contributed by atoms with Crippen LogP contribution >= 0.6 is 0 Å². The van der Waals surface area contributed by atoms with Gasteiger partial charge in [0.25, 0.3) is 0 Å². The molecule has 1 N–H and O–H groups in total. The smallest absolute Gasteiger partial charge is 0.230 e. The van der Waals surface area contributed by atoms with E-state index in [9.17, 15) is 9.59 Å². The van der Waals surface area contributed by atoms with Crippen LogP contribution < -0.4 is 0 Å². The quantitative estimate of drug-likeness (QED) is 0.842. The van der Waals surface area contributed by atoms with Crippen LogP contribution in [0.4, 0.5) is 0 Å². The van der Waals surface area contributed by atoms with Gasteiger partial charge in [-0.15, -0.1) is 0 Å². The Morgan fingerprint density at radius 3 is 2.71 bits per heavy atom. The largest absolute Gasteiger partial charge is 0.396 e. The van der Waals surface area contributed by atoms with Gasteiger partial charge < -0.3 is 14.9 Å². The highest BCUT2D eigenvalue weighted by atomic mass is 16.3. The Balaban J connectivity index is 1.63. The molecule has 2 aliphatic heterocycles. The molecule has 1 aliphatic carbocycles. The van der Waals surface area contributed by atoms with Crippen molar-refractivity contribution in [3.05, 3.63) is 0 Å². The van der Waals surface area contributed by atoms with Crippen LogP contribution in [0.2, 0.25) is 0 Å². The zero-order valence-electron chi connectivity index (χ0n) is 12.7. The molecule has 118 valence electrons. The minimum atomic E-state index is -0.326. The fraction of sp³-hybridized carbons (Fsp3) is 0.875. The van der Waals surface area contributed by atoms with E-state index in [2.05, 4.69) is 4.90 Å². The molecule has 3 fully saturated rings. The van der Waals surface area contributed by atoms with E-state index >= 15 is 0 Å². The van der Waals surface area contributed by atoms with Crippen molar-refractivity contribution in [2.75, 3.05) is 32.8 Å². The lowest BCUT2D eigenvalue weighted by Gasteiger charge is -2.42. The maximum atomic E-state index is 12.9. The number of rotatable bonds is 4. The van der Waals surface area contributed by atoms with E-state index in [1.54, 1.807) is 4.90 Å². The van der Waals surface area contributed by atoms with E-state index in [1.165, 1.54) is 19.3 Å². The highest BCUT2D eigenvalue weighted by Gasteiger charge is 2.49. The van der Waals surface area contributed by atoms with Crippen LogP contribution in [-0.4, -0.2) is 59.5 Å². The zero-order chi connectivity index (χ0) is 14.9. The van der Waals surface area contributed by atoms with Crippen LogP contribution in [0.1, 0.15) is 44.9 Å². The minimum absolute atomic E-state index is 0.0155. The summed E-state index contributed by atoms with van der Waals surface area (Å²) in [4.78, 5) is 28.7. The molecule has 0 unspecified atom stereocenters. The Bertz CT molecular complexity index is 422. The van der Waals surface area contributed by atoms with Gasteiger partial charge in [-0.25, -0.2) is 0 Å². The first-order valence-corrected chi connectivity index (χ1v) is 8.33. The predicted molar refractivity (Wildman–Crippen MR) is 78.5 cm³/mol. The molecule has 5 nitrogen and oxygen atoms in total. The fourth-order valence-electron chi connectivity index (χ4n) is 4.03. The third-order valence-electron chi connectivity index (χ3n) is 5.56. The average molecular weight is 294 g/mol. The molecule has 0 radical (unpaired) electrons. The van der Waals surface area contributed by atoms with Gasteiger partial charge in [0, 0.05) is 32.6 Å². The number of carbonyl (C=O) groups excluding carboxylic acids is 2. The van der Waals surface area contributed by atoms with E-state index in [0.29, 0.717) is 19.0 Å². The summed E-state index contributed by atoms with van der Waals surface area (Å²) in [6, 6.07) is 0. The van der Waals surface area contributed by atoms with Crippen molar-refractivity contribution in [3.63, 3.8) is 0 Å². The lowest BCUT2D eigenvalue weighted by Crippen LogP contribution is -2.52. The van der Waals surface area contributed by atoms with Gasteiger partial charge in [-0.3, -0.25) is 9.59 Å². The predicted octanol–water partition coefficient (Wildman–Crippen LogP) is 1.01. The number of aliphatic hydroxyl groups is 1. The van der Waals surface area contributed by atoms with Crippen LogP contribution in [0.5, 0.6) is 0 Å². The van der Waals surface area contributed by atoms with E-state index in [1.807, 2.05) is 0 Å². The second-order valence-electron chi connectivity index (χ2n) is 6.97. The standard InChI is InChI=1S/C16H26N2O3/c19-10-5-14(20)18-9-7-16(12-18)6-2-8-17(15(16)21)11-13-3-1-4-13/h13,19H,1-12H2/t16-/m1/s1. The summed E-state index contributed by atoms with van der Waals surface area (Å²) < 4.78 is 0. The number of hydrogen-bond acceptors (Lipinski definition) is 3. The molecule has 5 heteroatoms. The number of amides is 2. The molecular formula is C16H26N2O3. The molecule has 2 amide bonds. The number of piperidine rings is 1. The molecule has 0 bridgehead atoms. The Kier molecular flexibility index (Phi) is 4.20. The molecule has 3 rings (SSSR count). The zero-order valence-corrected chi connectivity index (χ0v) is 12.7. The van der Waals surface area contributed by atoms with Crippen molar-refractivity contribution in [1.82, 2.24) is 9.80 Å². The van der Waals surface area contributed by atoms with Gasteiger partial charge in [-0.1, -0.05) is 6.42 Å². The Labute approximate surface area is 126 Å². The molecule has 0 aromatic rings. The Hall–Kier alpha value is -1.10. The van der Waals surface area contributed by atoms with Crippen LogP contribution in [0, 0.1) is 11.3 Å². The summed E-state index contributed by atoms with van der Waals surface area (Å²) in [7, 11) is 0. The summed E-state index contributed by atoms with van der Waals surface area (Å²) in [5.41, 5.74) is -0.326. The molecular weight excluding hydrogens is 268 g/mol. The first kappa shape index (κ1) is 14.8. The summed E-state index contributed by atoms with van der Waals surface area (Å²) in [6.07, 6.45) is 6.77. The van der Waals surface area contributed by atoms with Gasteiger partial charge in [0.1, 0.15) is 0 Å². The van der Waals surface area contributed by atoms with Crippen LogP contribution in [0.15, 0.2) is 0 Å². The maximum Gasteiger partial charge on any atom is 0.230 e. The van der Waals surface area contributed by atoms with E-state index < -0.39 is 0 Å². The summed E-state index contributed by atoms with van der Waals surface area (Å²) in [5.74, 6) is 0.968. The lowest BCUT2D eigenvalue weighted by molar-refractivity contribution is -0.147. The van der Waals surface area contributed by atoms with E-state index in [4.69, 9.17) is 5.11 Å². The highest BCUT2D eigenvalue weighted by molar-refractivity contribution is 5.86. The molecule has 21 heavy (non-hydrogen) atoms. The highest BCUT2D eigenvalue weighted by Crippen LogP contribution is 2.41. The first-order chi connectivity index (χ1) is 10.1. The number of aliphatic hydroxyl groups excluding tert-OH is 1. The van der Waals surface area contributed by atoms with Crippen molar-refractivity contribution < 1.29 is 14.7 Å². The molecule has 1 saturated carbocycles. The SMILES string of the molecule is O=C(CCO)N1CC[C@]2(CCCN(CC3CCC3)C2=O)C1. The number of carbonyl (C=O) groups is 2. The van der Waals surface area contributed by atoms with E-state index in [0.717, 1.165) is 32.4 Å². The Morgan fingerprint density at radius 1 is 1.24 bits per heavy atom. The molecule has 2 saturated heterocycles. The number of nitrogens with zero attached hydrogens (tertiary/aromatic N) is 2. The minimum Gasteiger partial charge on any atom is -0.396 e. The van der Waals surface area contributed by atoms with Crippen molar-refractivity contribution in [2.24, 2.45) is 11.3 Å². The van der Waals surface area contributed by atoms with Gasteiger partial charge in [-0.2, -0.15) is 0 Å². The van der Waals surface area contributed by atoms with Crippen molar-refractivity contribution in [2.45, 2.75) is 44.9 Å².